The minimum absolute atomic E-state index is 0.200. The SMILES string of the molecule is Cc1nc2cc3ccc(Br)cc3nc2c(=O)[nH]1. The molecule has 0 amide bonds. The zero-order valence-corrected chi connectivity index (χ0v) is 10.6. The Morgan fingerprint density at radius 1 is 1.18 bits per heavy atom. The van der Waals surface area contributed by atoms with E-state index in [9.17, 15) is 4.79 Å². The maximum atomic E-state index is 11.8. The normalized spacial score (nSPS) is 11.2. The van der Waals surface area contributed by atoms with Crippen LogP contribution in [0.25, 0.3) is 21.9 Å². The summed E-state index contributed by atoms with van der Waals surface area (Å²) >= 11 is 3.39. The van der Waals surface area contributed by atoms with Gasteiger partial charge in [-0.1, -0.05) is 22.0 Å². The predicted octanol–water partition coefficient (Wildman–Crippen LogP) is 2.54. The van der Waals surface area contributed by atoms with Gasteiger partial charge in [-0.05, 0) is 25.1 Å². The molecule has 0 spiro atoms. The molecule has 0 saturated heterocycles. The van der Waals surface area contributed by atoms with Gasteiger partial charge in [-0.3, -0.25) is 4.79 Å². The molecular formula is C12H8BrN3O. The highest BCUT2D eigenvalue weighted by Gasteiger charge is 2.05. The minimum atomic E-state index is -0.200. The Balaban J connectivity index is 2.52. The number of fused-ring (bicyclic) bond motifs is 2. The summed E-state index contributed by atoms with van der Waals surface area (Å²) in [5, 5.41) is 0.971. The summed E-state index contributed by atoms with van der Waals surface area (Å²) in [5.74, 6) is 0.598. The number of aromatic amines is 1. The average molecular weight is 290 g/mol. The van der Waals surface area contributed by atoms with Gasteiger partial charge in [0.05, 0.1) is 11.0 Å². The van der Waals surface area contributed by atoms with Gasteiger partial charge in [0.1, 0.15) is 5.82 Å². The van der Waals surface area contributed by atoms with Crippen molar-refractivity contribution in [3.05, 3.63) is 44.9 Å². The molecule has 0 aliphatic heterocycles. The van der Waals surface area contributed by atoms with E-state index < -0.39 is 0 Å². The first-order chi connectivity index (χ1) is 8.13. The molecule has 2 heterocycles. The molecule has 0 aliphatic carbocycles. The van der Waals surface area contributed by atoms with E-state index in [0.29, 0.717) is 16.9 Å². The van der Waals surface area contributed by atoms with Crippen molar-refractivity contribution in [1.82, 2.24) is 15.0 Å². The van der Waals surface area contributed by atoms with Crippen LogP contribution in [0.4, 0.5) is 0 Å². The molecule has 0 saturated carbocycles. The summed E-state index contributed by atoms with van der Waals surface area (Å²) in [6, 6.07) is 7.65. The van der Waals surface area contributed by atoms with E-state index >= 15 is 0 Å². The molecular weight excluding hydrogens is 282 g/mol. The lowest BCUT2D eigenvalue weighted by Gasteiger charge is -2.01. The summed E-state index contributed by atoms with van der Waals surface area (Å²) < 4.78 is 0.938. The highest BCUT2D eigenvalue weighted by molar-refractivity contribution is 9.10. The van der Waals surface area contributed by atoms with Crippen LogP contribution in [0.2, 0.25) is 0 Å². The smallest absolute Gasteiger partial charge is 0.277 e. The number of benzene rings is 1. The van der Waals surface area contributed by atoms with E-state index in [1.165, 1.54) is 0 Å². The number of hydrogen-bond donors (Lipinski definition) is 1. The quantitative estimate of drug-likeness (QED) is 0.647. The van der Waals surface area contributed by atoms with Crippen LogP contribution < -0.4 is 5.56 Å². The molecule has 0 unspecified atom stereocenters. The standard InChI is InChI=1S/C12H8BrN3O/c1-6-14-10-4-7-2-3-8(13)5-9(7)16-11(10)12(17)15-6/h2-5H,1H3,(H,14,15,17). The second kappa shape index (κ2) is 3.63. The third-order valence-electron chi connectivity index (χ3n) is 2.56. The van der Waals surface area contributed by atoms with E-state index in [1.807, 2.05) is 24.3 Å². The first-order valence-electron chi connectivity index (χ1n) is 5.10. The van der Waals surface area contributed by atoms with Crippen molar-refractivity contribution in [2.24, 2.45) is 0 Å². The third kappa shape index (κ3) is 1.72. The zero-order chi connectivity index (χ0) is 12.0. The van der Waals surface area contributed by atoms with E-state index in [1.54, 1.807) is 6.92 Å². The molecule has 0 fully saturated rings. The van der Waals surface area contributed by atoms with Gasteiger partial charge in [0.2, 0.25) is 0 Å². The molecule has 0 aliphatic rings. The van der Waals surface area contributed by atoms with E-state index in [-0.39, 0.29) is 5.56 Å². The van der Waals surface area contributed by atoms with Gasteiger partial charge in [-0.25, -0.2) is 9.97 Å². The molecule has 17 heavy (non-hydrogen) atoms. The first-order valence-corrected chi connectivity index (χ1v) is 5.90. The molecule has 84 valence electrons. The second-order valence-electron chi connectivity index (χ2n) is 3.84. The Morgan fingerprint density at radius 2 is 2.00 bits per heavy atom. The van der Waals surface area contributed by atoms with Crippen LogP contribution in [-0.2, 0) is 0 Å². The first kappa shape index (κ1) is 10.4. The summed E-state index contributed by atoms with van der Waals surface area (Å²) in [5.41, 5.74) is 1.58. The van der Waals surface area contributed by atoms with Gasteiger partial charge >= 0.3 is 0 Å². The van der Waals surface area contributed by atoms with Crippen LogP contribution in [0, 0.1) is 6.92 Å². The minimum Gasteiger partial charge on any atom is -0.309 e. The van der Waals surface area contributed by atoms with Crippen LogP contribution in [0.15, 0.2) is 33.5 Å². The maximum absolute atomic E-state index is 11.8. The van der Waals surface area contributed by atoms with Gasteiger partial charge in [0.25, 0.3) is 5.56 Å². The fraction of sp³-hybridized carbons (Fsp3) is 0.0833. The largest absolute Gasteiger partial charge is 0.309 e. The second-order valence-corrected chi connectivity index (χ2v) is 4.76. The van der Waals surface area contributed by atoms with E-state index in [4.69, 9.17) is 0 Å². The van der Waals surface area contributed by atoms with Crippen LogP contribution >= 0.6 is 15.9 Å². The van der Waals surface area contributed by atoms with Gasteiger partial charge < -0.3 is 4.98 Å². The number of nitrogens with one attached hydrogen (secondary N) is 1. The number of H-pyrrole nitrogens is 1. The Hall–Kier alpha value is -1.75. The summed E-state index contributed by atoms with van der Waals surface area (Å²) in [7, 11) is 0. The van der Waals surface area contributed by atoms with Gasteiger partial charge in [0.15, 0.2) is 5.52 Å². The van der Waals surface area contributed by atoms with Crippen LogP contribution in [0.1, 0.15) is 5.82 Å². The number of rotatable bonds is 0. The van der Waals surface area contributed by atoms with Crippen molar-refractivity contribution in [3.8, 4) is 0 Å². The van der Waals surface area contributed by atoms with Crippen molar-refractivity contribution >= 4 is 37.9 Å². The molecule has 1 aromatic carbocycles. The topological polar surface area (TPSA) is 58.6 Å². The molecule has 3 aromatic rings. The third-order valence-corrected chi connectivity index (χ3v) is 3.05. The van der Waals surface area contributed by atoms with E-state index in [2.05, 4.69) is 30.9 Å². The van der Waals surface area contributed by atoms with Gasteiger partial charge in [0, 0.05) is 9.86 Å². The van der Waals surface area contributed by atoms with Crippen molar-refractivity contribution < 1.29 is 0 Å². The van der Waals surface area contributed by atoms with E-state index in [0.717, 1.165) is 15.4 Å². The molecule has 2 aromatic heterocycles. The lowest BCUT2D eigenvalue weighted by Crippen LogP contribution is -2.11. The maximum Gasteiger partial charge on any atom is 0.277 e. The summed E-state index contributed by atoms with van der Waals surface area (Å²) in [6.45, 7) is 1.76. The van der Waals surface area contributed by atoms with Crippen LogP contribution in [0.5, 0.6) is 0 Å². The fourth-order valence-corrected chi connectivity index (χ4v) is 2.16. The molecule has 3 rings (SSSR count). The molecule has 5 heteroatoms. The molecule has 0 atom stereocenters. The number of nitrogens with zero attached hydrogens (tertiary/aromatic N) is 2. The number of halogens is 1. The molecule has 4 nitrogen and oxygen atoms in total. The Bertz CT molecular complexity index is 795. The highest BCUT2D eigenvalue weighted by atomic mass is 79.9. The van der Waals surface area contributed by atoms with Crippen LogP contribution in [0.3, 0.4) is 0 Å². The number of aryl methyl sites for hydroxylation is 1. The molecule has 0 bridgehead atoms. The lowest BCUT2D eigenvalue weighted by molar-refractivity contribution is 1.05. The van der Waals surface area contributed by atoms with Gasteiger partial charge in [-0.15, -0.1) is 0 Å². The van der Waals surface area contributed by atoms with Crippen molar-refractivity contribution in [2.45, 2.75) is 6.92 Å². The lowest BCUT2D eigenvalue weighted by atomic mass is 10.2. The fourth-order valence-electron chi connectivity index (χ4n) is 1.81. The zero-order valence-electron chi connectivity index (χ0n) is 8.99. The number of aromatic nitrogens is 3. The van der Waals surface area contributed by atoms with Crippen molar-refractivity contribution in [1.29, 1.82) is 0 Å². The summed E-state index contributed by atoms with van der Waals surface area (Å²) in [6.07, 6.45) is 0. The van der Waals surface area contributed by atoms with Gasteiger partial charge in [-0.2, -0.15) is 0 Å². The Labute approximate surface area is 105 Å². The van der Waals surface area contributed by atoms with Crippen LogP contribution in [-0.4, -0.2) is 15.0 Å². The number of pyridine rings is 1. The monoisotopic (exact) mass is 289 g/mol. The molecule has 0 radical (unpaired) electrons. The number of hydrogen-bond acceptors (Lipinski definition) is 3. The van der Waals surface area contributed by atoms with Crippen molar-refractivity contribution in [3.63, 3.8) is 0 Å². The summed E-state index contributed by atoms with van der Waals surface area (Å²) in [4.78, 5) is 23.0. The Kier molecular flexibility index (Phi) is 2.22. The highest BCUT2D eigenvalue weighted by Crippen LogP contribution is 2.20. The predicted molar refractivity (Wildman–Crippen MR) is 70.1 cm³/mol. The van der Waals surface area contributed by atoms with Crippen molar-refractivity contribution in [2.75, 3.05) is 0 Å². The average Bonchev–Trinajstić information content (AvgIpc) is 2.27. The Morgan fingerprint density at radius 3 is 2.82 bits per heavy atom. The molecule has 1 N–H and O–H groups in total.